The van der Waals surface area contributed by atoms with Crippen LogP contribution >= 0.6 is 27.5 Å². The van der Waals surface area contributed by atoms with Gasteiger partial charge in [-0.15, -0.1) is 0 Å². The highest BCUT2D eigenvalue weighted by Crippen LogP contribution is 2.26. The van der Waals surface area contributed by atoms with Gasteiger partial charge in [-0.2, -0.15) is 0 Å². The van der Waals surface area contributed by atoms with E-state index in [0.717, 1.165) is 22.9 Å². The van der Waals surface area contributed by atoms with Crippen LogP contribution in [0.4, 0.5) is 5.69 Å². The lowest BCUT2D eigenvalue weighted by molar-refractivity contribution is 0.102. The number of anilines is 1. The van der Waals surface area contributed by atoms with Gasteiger partial charge in [-0.05, 0) is 48.2 Å². The number of rotatable bonds is 5. The molecule has 0 bridgehead atoms. The SMILES string of the molecule is O=C(Nc1ccc(Br)cc1Cl)c1ccccc1CCc1ccccc1. The van der Waals surface area contributed by atoms with Crippen LogP contribution in [-0.4, -0.2) is 5.91 Å². The molecule has 0 radical (unpaired) electrons. The molecule has 0 aliphatic rings. The highest BCUT2D eigenvalue weighted by atomic mass is 79.9. The maximum atomic E-state index is 12.7. The summed E-state index contributed by atoms with van der Waals surface area (Å²) in [4.78, 5) is 12.7. The van der Waals surface area contributed by atoms with Crippen LogP contribution in [0.2, 0.25) is 5.02 Å². The van der Waals surface area contributed by atoms with E-state index in [-0.39, 0.29) is 5.91 Å². The molecule has 126 valence electrons. The van der Waals surface area contributed by atoms with Gasteiger partial charge >= 0.3 is 0 Å². The fraction of sp³-hybridized carbons (Fsp3) is 0.0952. The molecule has 0 aliphatic heterocycles. The molecule has 0 heterocycles. The average Bonchev–Trinajstić information content (AvgIpc) is 2.63. The van der Waals surface area contributed by atoms with Gasteiger partial charge in [0, 0.05) is 10.0 Å². The first-order chi connectivity index (χ1) is 12.1. The molecular formula is C21H17BrClNO. The van der Waals surface area contributed by atoms with Crippen molar-refractivity contribution in [2.24, 2.45) is 0 Å². The Kier molecular flexibility index (Phi) is 5.90. The third kappa shape index (κ3) is 4.71. The van der Waals surface area contributed by atoms with Crippen LogP contribution in [0.25, 0.3) is 0 Å². The number of halogens is 2. The Morgan fingerprint density at radius 1 is 0.920 bits per heavy atom. The van der Waals surface area contributed by atoms with E-state index in [9.17, 15) is 4.79 Å². The lowest BCUT2D eigenvalue weighted by Crippen LogP contribution is -2.15. The average molecular weight is 415 g/mol. The highest BCUT2D eigenvalue weighted by Gasteiger charge is 2.13. The molecule has 0 spiro atoms. The molecule has 0 saturated carbocycles. The van der Waals surface area contributed by atoms with Gasteiger partial charge in [-0.1, -0.05) is 76.1 Å². The zero-order valence-corrected chi connectivity index (χ0v) is 15.8. The van der Waals surface area contributed by atoms with Gasteiger partial charge in [0.15, 0.2) is 0 Å². The van der Waals surface area contributed by atoms with Crippen LogP contribution in [0, 0.1) is 0 Å². The maximum absolute atomic E-state index is 12.7. The van der Waals surface area contributed by atoms with Crippen molar-refractivity contribution in [1.82, 2.24) is 0 Å². The van der Waals surface area contributed by atoms with Crippen LogP contribution in [-0.2, 0) is 12.8 Å². The van der Waals surface area contributed by atoms with E-state index < -0.39 is 0 Å². The highest BCUT2D eigenvalue weighted by molar-refractivity contribution is 9.10. The van der Waals surface area contributed by atoms with Crippen molar-refractivity contribution in [2.45, 2.75) is 12.8 Å². The minimum atomic E-state index is -0.145. The van der Waals surface area contributed by atoms with E-state index in [1.807, 2.05) is 48.5 Å². The molecule has 1 N–H and O–H groups in total. The molecule has 25 heavy (non-hydrogen) atoms. The van der Waals surface area contributed by atoms with Gasteiger partial charge < -0.3 is 5.32 Å². The molecule has 0 unspecified atom stereocenters. The number of hydrogen-bond acceptors (Lipinski definition) is 1. The quantitative estimate of drug-likeness (QED) is 0.534. The summed E-state index contributed by atoms with van der Waals surface area (Å²) in [7, 11) is 0. The van der Waals surface area contributed by atoms with Gasteiger partial charge in [-0.25, -0.2) is 0 Å². The fourth-order valence-electron chi connectivity index (χ4n) is 2.66. The molecule has 0 aliphatic carbocycles. The summed E-state index contributed by atoms with van der Waals surface area (Å²) in [5.74, 6) is -0.145. The van der Waals surface area contributed by atoms with E-state index in [2.05, 4.69) is 33.4 Å². The lowest BCUT2D eigenvalue weighted by Gasteiger charge is -2.11. The Hall–Kier alpha value is -2.10. The van der Waals surface area contributed by atoms with Crippen molar-refractivity contribution >= 4 is 39.1 Å². The van der Waals surface area contributed by atoms with E-state index >= 15 is 0 Å². The monoisotopic (exact) mass is 413 g/mol. The largest absolute Gasteiger partial charge is 0.321 e. The Labute approximate surface area is 161 Å². The molecule has 2 nitrogen and oxygen atoms in total. The number of nitrogens with one attached hydrogen (secondary N) is 1. The summed E-state index contributed by atoms with van der Waals surface area (Å²) >= 11 is 9.56. The Balaban J connectivity index is 1.76. The Morgan fingerprint density at radius 2 is 1.64 bits per heavy atom. The zero-order valence-electron chi connectivity index (χ0n) is 13.5. The summed E-state index contributed by atoms with van der Waals surface area (Å²) in [6.07, 6.45) is 1.70. The minimum Gasteiger partial charge on any atom is -0.321 e. The van der Waals surface area contributed by atoms with Crippen molar-refractivity contribution in [3.05, 3.63) is 99.0 Å². The van der Waals surface area contributed by atoms with E-state index in [1.54, 1.807) is 12.1 Å². The van der Waals surface area contributed by atoms with Gasteiger partial charge in [0.2, 0.25) is 0 Å². The first kappa shape index (κ1) is 17.7. The predicted octanol–water partition coefficient (Wildman–Crippen LogP) is 6.14. The molecule has 1 amide bonds. The second-order valence-electron chi connectivity index (χ2n) is 5.72. The topological polar surface area (TPSA) is 29.1 Å². The summed E-state index contributed by atoms with van der Waals surface area (Å²) in [6.45, 7) is 0. The molecule has 3 aromatic carbocycles. The fourth-order valence-corrected chi connectivity index (χ4v) is 3.38. The molecule has 0 saturated heterocycles. The maximum Gasteiger partial charge on any atom is 0.255 e. The van der Waals surface area contributed by atoms with Gasteiger partial charge in [0.25, 0.3) is 5.91 Å². The van der Waals surface area contributed by atoms with Gasteiger partial charge in [-0.3, -0.25) is 4.79 Å². The van der Waals surface area contributed by atoms with Crippen molar-refractivity contribution in [3.63, 3.8) is 0 Å². The molecular weight excluding hydrogens is 398 g/mol. The molecule has 3 rings (SSSR count). The zero-order chi connectivity index (χ0) is 17.6. The normalized spacial score (nSPS) is 10.5. The molecule has 0 fully saturated rings. The van der Waals surface area contributed by atoms with Crippen molar-refractivity contribution < 1.29 is 4.79 Å². The van der Waals surface area contributed by atoms with Crippen LogP contribution in [0.5, 0.6) is 0 Å². The number of carbonyl (C=O) groups excluding carboxylic acids is 1. The predicted molar refractivity (Wildman–Crippen MR) is 107 cm³/mol. The molecule has 0 atom stereocenters. The summed E-state index contributed by atoms with van der Waals surface area (Å²) in [5, 5.41) is 3.40. The van der Waals surface area contributed by atoms with E-state index in [0.29, 0.717) is 16.3 Å². The third-order valence-corrected chi connectivity index (χ3v) is 4.77. The third-order valence-electron chi connectivity index (χ3n) is 3.97. The first-order valence-electron chi connectivity index (χ1n) is 8.02. The number of hydrogen-bond donors (Lipinski definition) is 1. The van der Waals surface area contributed by atoms with Crippen molar-refractivity contribution in [3.8, 4) is 0 Å². The van der Waals surface area contributed by atoms with E-state index in [4.69, 9.17) is 11.6 Å². The second kappa shape index (κ2) is 8.32. The smallest absolute Gasteiger partial charge is 0.255 e. The number of benzene rings is 3. The molecule has 0 aromatic heterocycles. The Morgan fingerprint density at radius 3 is 2.40 bits per heavy atom. The Bertz CT molecular complexity index is 880. The summed E-state index contributed by atoms with van der Waals surface area (Å²) in [5.41, 5.74) is 3.57. The van der Waals surface area contributed by atoms with Crippen LogP contribution < -0.4 is 5.32 Å². The number of aryl methyl sites for hydroxylation is 2. The minimum absolute atomic E-state index is 0.145. The van der Waals surface area contributed by atoms with Crippen molar-refractivity contribution in [1.29, 1.82) is 0 Å². The van der Waals surface area contributed by atoms with Crippen molar-refractivity contribution in [2.75, 3.05) is 5.32 Å². The summed E-state index contributed by atoms with van der Waals surface area (Å²) < 4.78 is 0.874. The standard InChI is InChI=1S/C21H17BrClNO/c22-17-12-13-20(19(23)14-17)24-21(25)18-9-5-4-8-16(18)11-10-15-6-2-1-3-7-15/h1-9,12-14H,10-11H2,(H,24,25). The first-order valence-corrected chi connectivity index (χ1v) is 9.19. The lowest BCUT2D eigenvalue weighted by atomic mass is 9.99. The summed E-state index contributed by atoms with van der Waals surface area (Å²) in [6, 6.07) is 23.4. The van der Waals surface area contributed by atoms with Crippen LogP contribution in [0.1, 0.15) is 21.5 Å². The van der Waals surface area contributed by atoms with Crippen LogP contribution in [0.3, 0.4) is 0 Å². The molecule has 3 aromatic rings. The number of amides is 1. The van der Waals surface area contributed by atoms with Gasteiger partial charge in [0.1, 0.15) is 0 Å². The van der Waals surface area contributed by atoms with Gasteiger partial charge in [0.05, 0.1) is 10.7 Å². The number of carbonyl (C=O) groups is 1. The van der Waals surface area contributed by atoms with E-state index in [1.165, 1.54) is 5.56 Å². The second-order valence-corrected chi connectivity index (χ2v) is 7.04. The van der Waals surface area contributed by atoms with Crippen LogP contribution in [0.15, 0.2) is 77.3 Å². The molecule has 4 heteroatoms.